The molecule has 0 saturated carbocycles. The number of H-pyrrole nitrogens is 1. The minimum absolute atomic E-state index is 0.289. The van der Waals surface area contributed by atoms with Gasteiger partial charge in [0, 0.05) is 18.0 Å². The minimum atomic E-state index is -1.29. The van der Waals surface area contributed by atoms with Crippen molar-refractivity contribution in [2.45, 2.75) is 103 Å². The third kappa shape index (κ3) is 7.17. The van der Waals surface area contributed by atoms with Crippen LogP contribution in [0.5, 0.6) is 0 Å². The van der Waals surface area contributed by atoms with Crippen molar-refractivity contribution in [3.8, 4) is 0 Å². The third-order valence-corrected chi connectivity index (χ3v) is 8.56. The first-order valence-corrected chi connectivity index (χ1v) is 15.1. The Bertz CT molecular complexity index is 1280. The van der Waals surface area contributed by atoms with Gasteiger partial charge in [0.05, 0.1) is 16.3 Å². The van der Waals surface area contributed by atoms with Crippen LogP contribution in [-0.2, 0) is 17.0 Å². The molecule has 212 valence electrons. The van der Waals surface area contributed by atoms with Crippen molar-refractivity contribution in [2.24, 2.45) is 0 Å². The molecule has 2 aromatic carbocycles. The molecule has 0 spiro atoms. The summed E-state index contributed by atoms with van der Waals surface area (Å²) in [5.74, 6) is 0. The highest BCUT2D eigenvalue weighted by molar-refractivity contribution is 6.24. The largest absolute Gasteiger partial charge is 0.386 e. The average molecular weight is 551 g/mol. The molecule has 0 bridgehead atoms. The molecule has 4 heteroatoms. The van der Waals surface area contributed by atoms with Crippen LogP contribution in [0, 0.1) is 0 Å². The first-order valence-electron chi connectivity index (χ1n) is 14.7. The molecule has 0 aliphatic heterocycles. The zero-order valence-electron chi connectivity index (χ0n) is 25.2. The summed E-state index contributed by atoms with van der Waals surface area (Å²) in [5, 5.41) is 4.79. The second-order valence-corrected chi connectivity index (χ2v) is 12.2. The van der Waals surface area contributed by atoms with E-state index in [2.05, 4.69) is 62.8 Å². The van der Waals surface area contributed by atoms with Gasteiger partial charge in [-0.15, -0.1) is 11.6 Å². The number of alkyl halides is 2. The fraction of sp³-hybridized carbons (Fsp3) is 0.486. The fourth-order valence-corrected chi connectivity index (χ4v) is 6.30. The Morgan fingerprint density at radius 2 is 1.62 bits per heavy atom. The van der Waals surface area contributed by atoms with Crippen LogP contribution in [0.1, 0.15) is 114 Å². The van der Waals surface area contributed by atoms with Crippen molar-refractivity contribution in [2.75, 3.05) is 7.05 Å². The molecule has 4 rings (SSSR count). The van der Waals surface area contributed by atoms with Crippen molar-refractivity contribution >= 4 is 33.8 Å². The molecule has 2 nitrogen and oxygen atoms in total. The van der Waals surface area contributed by atoms with Crippen LogP contribution in [0.2, 0.25) is 0 Å². The smallest absolute Gasteiger partial charge is 0.130 e. The number of hydrogen-bond acceptors (Lipinski definition) is 1. The molecule has 1 aromatic heterocycles. The second kappa shape index (κ2) is 13.2. The van der Waals surface area contributed by atoms with Gasteiger partial charge in [-0.05, 0) is 99.3 Å². The first-order chi connectivity index (χ1) is 18.5. The molecular weight excluding hydrogens is 503 g/mol. The van der Waals surface area contributed by atoms with Crippen molar-refractivity contribution in [1.29, 1.82) is 0 Å². The predicted octanol–water partition coefficient (Wildman–Crippen LogP) is 10.8. The zero-order chi connectivity index (χ0) is 28.8. The van der Waals surface area contributed by atoms with Crippen molar-refractivity contribution in [3.63, 3.8) is 0 Å². The molecule has 0 amide bonds. The van der Waals surface area contributed by atoms with E-state index in [1.54, 1.807) is 13.8 Å². The molecule has 39 heavy (non-hydrogen) atoms. The first kappa shape index (κ1) is 31.0. The predicted molar refractivity (Wildman–Crippen MR) is 170 cm³/mol. The summed E-state index contributed by atoms with van der Waals surface area (Å²) in [6.45, 7) is 15.8. The number of allylic oxidation sites excluding steroid dienone is 2. The molecule has 0 radical (unpaired) electrons. The summed E-state index contributed by atoms with van der Waals surface area (Å²) in [6, 6.07) is 14.3. The number of halogens is 2. The van der Waals surface area contributed by atoms with E-state index in [0.29, 0.717) is 5.56 Å². The van der Waals surface area contributed by atoms with Crippen LogP contribution < -0.4 is 5.32 Å². The Kier molecular flexibility index (Phi) is 10.5. The van der Waals surface area contributed by atoms with E-state index in [4.69, 9.17) is 11.6 Å². The van der Waals surface area contributed by atoms with Crippen molar-refractivity contribution < 1.29 is 4.39 Å². The van der Waals surface area contributed by atoms with Gasteiger partial charge in [-0.3, -0.25) is 0 Å². The van der Waals surface area contributed by atoms with Gasteiger partial charge in [0.25, 0.3) is 0 Å². The molecule has 2 N–H and O–H groups in total. The Labute approximate surface area is 241 Å². The number of aromatic nitrogens is 1. The second-order valence-electron chi connectivity index (χ2n) is 11.5. The van der Waals surface area contributed by atoms with Gasteiger partial charge in [0.15, 0.2) is 0 Å². The molecule has 0 fully saturated rings. The SMILES string of the molecule is C=C(C)c1ccc2[nH]c3c(c2c1)CCCC(CC)=C3NC.CCCC(Cl)(CCC)c1ccc(C(C)(C)F)cc1. The van der Waals surface area contributed by atoms with E-state index in [1.807, 2.05) is 31.3 Å². The van der Waals surface area contributed by atoms with Crippen LogP contribution in [0.25, 0.3) is 22.2 Å². The summed E-state index contributed by atoms with van der Waals surface area (Å²) in [6.07, 6.45) is 8.70. The van der Waals surface area contributed by atoms with Gasteiger partial charge in [0.2, 0.25) is 0 Å². The Morgan fingerprint density at radius 1 is 1.00 bits per heavy atom. The molecule has 0 saturated heterocycles. The van der Waals surface area contributed by atoms with E-state index in [0.717, 1.165) is 49.7 Å². The molecule has 1 heterocycles. The molecular formula is C35H48ClFN2. The van der Waals surface area contributed by atoms with Crippen molar-refractivity contribution in [1.82, 2.24) is 10.3 Å². The number of rotatable bonds is 9. The lowest BCUT2D eigenvalue weighted by Gasteiger charge is -2.27. The Morgan fingerprint density at radius 3 is 2.13 bits per heavy atom. The number of hydrogen-bond donors (Lipinski definition) is 2. The van der Waals surface area contributed by atoms with E-state index in [9.17, 15) is 4.39 Å². The van der Waals surface area contributed by atoms with Gasteiger partial charge in [0.1, 0.15) is 5.67 Å². The van der Waals surface area contributed by atoms with E-state index in [-0.39, 0.29) is 4.87 Å². The van der Waals surface area contributed by atoms with Crippen LogP contribution >= 0.6 is 11.6 Å². The van der Waals surface area contributed by atoms with Gasteiger partial charge in [-0.1, -0.05) is 76.1 Å². The molecule has 0 atom stereocenters. The molecule has 3 aromatic rings. The summed E-state index contributed by atoms with van der Waals surface area (Å²) >= 11 is 6.74. The van der Waals surface area contributed by atoms with Crippen LogP contribution in [0.4, 0.5) is 4.39 Å². The van der Waals surface area contributed by atoms with E-state index in [1.165, 1.54) is 51.8 Å². The molecule has 1 aliphatic carbocycles. The van der Waals surface area contributed by atoms with Gasteiger partial charge < -0.3 is 10.3 Å². The number of fused-ring (bicyclic) bond motifs is 3. The lowest BCUT2D eigenvalue weighted by atomic mass is 9.87. The van der Waals surface area contributed by atoms with Gasteiger partial charge in [-0.2, -0.15) is 0 Å². The average Bonchev–Trinajstić information content (AvgIpc) is 3.15. The maximum absolute atomic E-state index is 13.8. The van der Waals surface area contributed by atoms with Crippen LogP contribution in [0.15, 0.2) is 54.6 Å². The van der Waals surface area contributed by atoms with Crippen LogP contribution in [0.3, 0.4) is 0 Å². The Balaban J connectivity index is 0.000000219. The lowest BCUT2D eigenvalue weighted by molar-refractivity contribution is 0.221. The quantitative estimate of drug-likeness (QED) is 0.255. The van der Waals surface area contributed by atoms with Crippen molar-refractivity contribution in [3.05, 3.63) is 82.6 Å². The highest BCUT2D eigenvalue weighted by atomic mass is 35.5. The third-order valence-electron chi connectivity index (χ3n) is 7.97. The topological polar surface area (TPSA) is 27.8 Å². The standard InChI is InChI=1S/C19H24N2.C16H24ClF/c1-5-13-7-6-8-15-16-11-14(12(2)3)9-10-17(16)21-19(15)18(13)20-4;1-5-11-16(17,12-6-2)14-9-7-13(8-10-14)15(3,4)18/h9-11,20-21H,2,5-8H2,1,3-4H3;7-10H,5-6,11-12H2,1-4H3. The number of aromatic amines is 1. The van der Waals surface area contributed by atoms with Crippen LogP contribution in [-0.4, -0.2) is 12.0 Å². The summed E-state index contributed by atoms with van der Waals surface area (Å²) < 4.78 is 13.8. The summed E-state index contributed by atoms with van der Waals surface area (Å²) in [5.41, 5.74) is 9.71. The highest BCUT2D eigenvalue weighted by Gasteiger charge is 2.28. The molecule has 0 unspecified atom stereocenters. The number of aryl methyl sites for hydroxylation is 1. The normalized spacial score (nSPS) is 14.0. The van der Waals surface area contributed by atoms with Gasteiger partial charge in [-0.25, -0.2) is 4.39 Å². The zero-order valence-corrected chi connectivity index (χ0v) is 25.9. The molecule has 1 aliphatic rings. The van der Waals surface area contributed by atoms with Gasteiger partial charge >= 0.3 is 0 Å². The highest BCUT2D eigenvalue weighted by Crippen LogP contribution is 2.39. The minimum Gasteiger partial charge on any atom is -0.386 e. The van der Waals surface area contributed by atoms with E-state index < -0.39 is 5.67 Å². The van der Waals surface area contributed by atoms with E-state index >= 15 is 0 Å². The fourth-order valence-electron chi connectivity index (χ4n) is 5.79. The summed E-state index contributed by atoms with van der Waals surface area (Å²) in [7, 11) is 2.03. The summed E-state index contributed by atoms with van der Waals surface area (Å²) in [4.78, 5) is 3.35. The lowest BCUT2D eigenvalue weighted by Crippen LogP contribution is -2.19. The Hall–Kier alpha value is -2.52. The maximum Gasteiger partial charge on any atom is 0.130 e. The monoisotopic (exact) mass is 550 g/mol. The maximum atomic E-state index is 13.8. The number of nitrogens with one attached hydrogen (secondary N) is 2. The number of benzene rings is 2.